The number of nitrogens with zero attached hydrogens (tertiary/aromatic N) is 3. The zero-order valence-electron chi connectivity index (χ0n) is 17.8. The van der Waals surface area contributed by atoms with Crippen molar-refractivity contribution in [2.45, 2.75) is 32.6 Å². The number of piperidine rings is 1. The van der Waals surface area contributed by atoms with Gasteiger partial charge in [0.1, 0.15) is 11.0 Å². The van der Waals surface area contributed by atoms with E-state index in [0.717, 1.165) is 25.9 Å². The number of carbonyl (C=O) groups excluding carboxylic acids is 1. The van der Waals surface area contributed by atoms with E-state index in [-0.39, 0.29) is 5.91 Å². The van der Waals surface area contributed by atoms with Gasteiger partial charge in [0.25, 0.3) is 5.91 Å². The molecule has 5 nitrogen and oxygen atoms in total. The van der Waals surface area contributed by atoms with E-state index < -0.39 is 0 Å². The molecule has 0 unspecified atom stereocenters. The van der Waals surface area contributed by atoms with Crippen molar-refractivity contribution in [3.8, 4) is 11.1 Å². The van der Waals surface area contributed by atoms with E-state index >= 15 is 0 Å². The molecule has 4 aromatic rings. The number of benzene rings is 3. The minimum Gasteiger partial charge on any atom is -0.339 e. The van der Waals surface area contributed by atoms with Crippen LogP contribution in [-0.2, 0) is 0 Å². The predicted molar refractivity (Wildman–Crippen MR) is 121 cm³/mol. The van der Waals surface area contributed by atoms with Gasteiger partial charge < -0.3 is 4.90 Å². The normalized spacial score (nSPS) is 14.8. The standard InChI is InChI=1S/C26H25N3O2/c1-17-4-3-5-23(18(17)2)21-8-6-19(7-9-21)20-12-14-29(15-13-20)26(30)22-10-11-24-25(16-22)28-31-27-24/h3-11,16,20H,12-15H2,1-2H3. The van der Waals surface area contributed by atoms with E-state index in [1.807, 2.05) is 4.90 Å². The van der Waals surface area contributed by atoms with Crippen molar-refractivity contribution >= 4 is 16.9 Å². The van der Waals surface area contributed by atoms with E-state index in [0.29, 0.717) is 22.5 Å². The Balaban J connectivity index is 1.26. The Morgan fingerprint density at radius 2 is 1.68 bits per heavy atom. The number of hydrogen-bond donors (Lipinski definition) is 0. The second kappa shape index (κ2) is 7.99. The fourth-order valence-electron chi connectivity index (χ4n) is 4.51. The maximum absolute atomic E-state index is 12.9. The maximum Gasteiger partial charge on any atom is 0.253 e. The number of rotatable bonds is 3. The van der Waals surface area contributed by atoms with Gasteiger partial charge in [0.2, 0.25) is 0 Å². The smallest absolute Gasteiger partial charge is 0.253 e. The van der Waals surface area contributed by atoms with Crippen LogP contribution >= 0.6 is 0 Å². The summed E-state index contributed by atoms with van der Waals surface area (Å²) in [5.41, 5.74) is 8.49. The molecule has 1 aliphatic heterocycles. The lowest BCUT2D eigenvalue weighted by molar-refractivity contribution is 0.0713. The van der Waals surface area contributed by atoms with Crippen molar-refractivity contribution in [3.63, 3.8) is 0 Å². The van der Waals surface area contributed by atoms with Gasteiger partial charge in [-0.1, -0.05) is 42.5 Å². The largest absolute Gasteiger partial charge is 0.339 e. The summed E-state index contributed by atoms with van der Waals surface area (Å²) in [6.07, 6.45) is 1.95. The van der Waals surface area contributed by atoms with Crippen LogP contribution in [0.15, 0.2) is 65.3 Å². The monoisotopic (exact) mass is 411 g/mol. The van der Waals surface area contributed by atoms with Gasteiger partial charge in [0, 0.05) is 18.7 Å². The van der Waals surface area contributed by atoms with E-state index in [9.17, 15) is 4.79 Å². The second-order valence-corrected chi connectivity index (χ2v) is 8.40. The summed E-state index contributed by atoms with van der Waals surface area (Å²) in [4.78, 5) is 14.9. The molecule has 31 heavy (non-hydrogen) atoms. The lowest BCUT2D eigenvalue weighted by Crippen LogP contribution is -2.37. The minimum absolute atomic E-state index is 0.0496. The Hall–Kier alpha value is -3.47. The number of hydrogen-bond acceptors (Lipinski definition) is 4. The van der Waals surface area contributed by atoms with Crippen molar-refractivity contribution in [2.75, 3.05) is 13.1 Å². The Bertz CT molecular complexity index is 1240. The van der Waals surface area contributed by atoms with Crippen LogP contribution < -0.4 is 0 Å². The fourth-order valence-corrected chi connectivity index (χ4v) is 4.51. The predicted octanol–water partition coefficient (Wildman–Crippen LogP) is 5.53. The van der Waals surface area contributed by atoms with Crippen LogP contribution in [0.3, 0.4) is 0 Å². The van der Waals surface area contributed by atoms with Crippen LogP contribution in [-0.4, -0.2) is 34.2 Å². The summed E-state index contributed by atoms with van der Waals surface area (Å²) < 4.78 is 4.73. The summed E-state index contributed by atoms with van der Waals surface area (Å²) in [5.74, 6) is 0.535. The number of carbonyl (C=O) groups is 1. The van der Waals surface area contributed by atoms with Crippen LogP contribution in [0.1, 0.15) is 45.8 Å². The SMILES string of the molecule is Cc1cccc(-c2ccc(C3CCN(C(=O)c4ccc5nonc5c4)CC3)cc2)c1C. The molecule has 1 fully saturated rings. The van der Waals surface area contributed by atoms with Crippen LogP contribution in [0.2, 0.25) is 0 Å². The topological polar surface area (TPSA) is 59.2 Å². The first-order chi connectivity index (χ1) is 15.1. The van der Waals surface area contributed by atoms with Crippen LogP contribution in [0, 0.1) is 13.8 Å². The number of aryl methyl sites for hydroxylation is 1. The summed E-state index contributed by atoms with van der Waals surface area (Å²) in [7, 11) is 0. The van der Waals surface area contributed by atoms with Crippen LogP contribution in [0.25, 0.3) is 22.2 Å². The zero-order valence-corrected chi connectivity index (χ0v) is 17.8. The summed E-state index contributed by atoms with van der Waals surface area (Å²) in [6.45, 7) is 5.86. The highest BCUT2D eigenvalue weighted by Gasteiger charge is 2.25. The van der Waals surface area contributed by atoms with Crippen LogP contribution in [0.4, 0.5) is 0 Å². The average molecular weight is 412 g/mol. The lowest BCUT2D eigenvalue weighted by atomic mass is 9.87. The molecule has 5 heteroatoms. The van der Waals surface area contributed by atoms with Gasteiger partial charge in [-0.3, -0.25) is 4.79 Å². The molecule has 0 radical (unpaired) electrons. The molecule has 1 saturated heterocycles. The van der Waals surface area contributed by atoms with E-state index in [1.54, 1.807) is 18.2 Å². The molecule has 0 atom stereocenters. The third-order valence-electron chi connectivity index (χ3n) is 6.58. The molecule has 0 bridgehead atoms. The Morgan fingerprint density at radius 3 is 2.45 bits per heavy atom. The van der Waals surface area contributed by atoms with Crippen molar-refractivity contribution in [2.24, 2.45) is 0 Å². The van der Waals surface area contributed by atoms with E-state index in [2.05, 4.69) is 66.6 Å². The summed E-state index contributed by atoms with van der Waals surface area (Å²) in [6, 6.07) is 20.8. The van der Waals surface area contributed by atoms with E-state index in [1.165, 1.54) is 27.8 Å². The lowest BCUT2D eigenvalue weighted by Gasteiger charge is -2.32. The Kier molecular flexibility index (Phi) is 5.02. The fraction of sp³-hybridized carbons (Fsp3) is 0.269. The molecule has 1 aromatic heterocycles. The van der Waals surface area contributed by atoms with Gasteiger partial charge in [-0.15, -0.1) is 0 Å². The highest BCUT2D eigenvalue weighted by molar-refractivity contribution is 5.97. The molecular weight excluding hydrogens is 386 g/mol. The number of fused-ring (bicyclic) bond motifs is 1. The van der Waals surface area contributed by atoms with Gasteiger partial charge in [-0.2, -0.15) is 0 Å². The first-order valence-electron chi connectivity index (χ1n) is 10.8. The molecule has 0 N–H and O–H groups in total. The van der Waals surface area contributed by atoms with Gasteiger partial charge >= 0.3 is 0 Å². The van der Waals surface area contributed by atoms with Crippen molar-refractivity contribution in [3.05, 3.63) is 82.9 Å². The van der Waals surface area contributed by atoms with Crippen LogP contribution in [0.5, 0.6) is 0 Å². The van der Waals surface area contributed by atoms with Gasteiger partial charge in [0.05, 0.1) is 0 Å². The van der Waals surface area contributed by atoms with E-state index in [4.69, 9.17) is 4.63 Å². The minimum atomic E-state index is 0.0496. The molecule has 0 spiro atoms. The third-order valence-corrected chi connectivity index (χ3v) is 6.58. The van der Waals surface area contributed by atoms with Crippen molar-refractivity contribution in [1.29, 1.82) is 0 Å². The molecule has 0 aliphatic carbocycles. The van der Waals surface area contributed by atoms with Gasteiger partial charge in [-0.25, -0.2) is 4.63 Å². The molecule has 1 amide bonds. The summed E-state index contributed by atoms with van der Waals surface area (Å²) >= 11 is 0. The highest BCUT2D eigenvalue weighted by Crippen LogP contribution is 2.32. The molecule has 156 valence electrons. The van der Waals surface area contributed by atoms with Gasteiger partial charge in [-0.05, 0) is 88.9 Å². The number of aromatic nitrogens is 2. The first-order valence-corrected chi connectivity index (χ1v) is 10.8. The average Bonchev–Trinajstić information content (AvgIpc) is 3.29. The molecular formula is C26H25N3O2. The Morgan fingerprint density at radius 1 is 0.935 bits per heavy atom. The number of amides is 1. The quantitative estimate of drug-likeness (QED) is 0.445. The molecule has 0 saturated carbocycles. The third kappa shape index (κ3) is 3.72. The highest BCUT2D eigenvalue weighted by atomic mass is 16.6. The molecule has 5 rings (SSSR count). The zero-order chi connectivity index (χ0) is 21.4. The molecule has 1 aliphatic rings. The molecule has 3 aromatic carbocycles. The summed E-state index contributed by atoms with van der Waals surface area (Å²) in [5, 5.41) is 7.64. The van der Waals surface area contributed by atoms with Crippen molar-refractivity contribution < 1.29 is 9.42 Å². The number of likely N-dealkylation sites (tertiary alicyclic amines) is 1. The Labute approximate surface area is 181 Å². The molecule has 2 heterocycles. The first kappa shape index (κ1) is 19.5. The van der Waals surface area contributed by atoms with Gasteiger partial charge in [0.15, 0.2) is 0 Å². The second-order valence-electron chi connectivity index (χ2n) is 8.40. The maximum atomic E-state index is 12.9. The van der Waals surface area contributed by atoms with Crippen molar-refractivity contribution in [1.82, 2.24) is 15.2 Å².